The van der Waals surface area contributed by atoms with Crippen LogP contribution in [0.15, 0.2) is 53.7 Å². The van der Waals surface area contributed by atoms with Crippen LogP contribution in [0.3, 0.4) is 0 Å². The standard InChI is InChI=1S/C16H18FN3O/c1-11(12-6-3-2-4-7-12)19-10-13-8-5-9-14(15(13)17)16(18)20-21/h2-9,11,19,21H,10H2,1H3,(H2,18,20)/t11-/m1/s1. The quantitative estimate of drug-likeness (QED) is 0.343. The Hall–Kier alpha value is -2.40. The van der Waals surface area contributed by atoms with Gasteiger partial charge in [-0.1, -0.05) is 47.6 Å². The number of amidine groups is 1. The lowest BCUT2D eigenvalue weighted by molar-refractivity contribution is 0.318. The highest BCUT2D eigenvalue weighted by atomic mass is 19.1. The molecule has 0 saturated heterocycles. The van der Waals surface area contributed by atoms with Gasteiger partial charge in [-0.15, -0.1) is 0 Å². The van der Waals surface area contributed by atoms with Crippen LogP contribution in [0.2, 0.25) is 0 Å². The maximum atomic E-state index is 14.3. The summed E-state index contributed by atoms with van der Waals surface area (Å²) in [6, 6.07) is 14.8. The van der Waals surface area contributed by atoms with E-state index in [2.05, 4.69) is 10.5 Å². The normalized spacial score (nSPS) is 13.1. The lowest BCUT2D eigenvalue weighted by Crippen LogP contribution is -2.21. The minimum Gasteiger partial charge on any atom is -0.409 e. The van der Waals surface area contributed by atoms with Gasteiger partial charge in [0.1, 0.15) is 5.82 Å². The summed E-state index contributed by atoms with van der Waals surface area (Å²) in [6.45, 7) is 2.37. The minimum absolute atomic E-state index is 0.0955. The van der Waals surface area contributed by atoms with Gasteiger partial charge in [-0.2, -0.15) is 0 Å². The largest absolute Gasteiger partial charge is 0.409 e. The van der Waals surface area contributed by atoms with Crippen LogP contribution in [-0.2, 0) is 6.54 Å². The second kappa shape index (κ2) is 6.85. The smallest absolute Gasteiger partial charge is 0.173 e. The van der Waals surface area contributed by atoms with Crippen molar-refractivity contribution in [3.8, 4) is 0 Å². The molecule has 0 aromatic heterocycles. The van der Waals surface area contributed by atoms with Crippen LogP contribution >= 0.6 is 0 Å². The Labute approximate surface area is 123 Å². The van der Waals surface area contributed by atoms with Crippen molar-refractivity contribution >= 4 is 5.84 Å². The molecule has 2 aromatic carbocycles. The maximum absolute atomic E-state index is 14.3. The monoisotopic (exact) mass is 287 g/mol. The number of oxime groups is 1. The lowest BCUT2D eigenvalue weighted by Gasteiger charge is -2.15. The Morgan fingerprint density at radius 2 is 1.95 bits per heavy atom. The van der Waals surface area contributed by atoms with Crippen LogP contribution in [0, 0.1) is 5.82 Å². The summed E-state index contributed by atoms with van der Waals surface area (Å²) in [6.07, 6.45) is 0. The molecule has 2 rings (SSSR count). The topological polar surface area (TPSA) is 70.6 Å². The van der Waals surface area contributed by atoms with Crippen molar-refractivity contribution < 1.29 is 9.60 Å². The van der Waals surface area contributed by atoms with E-state index in [4.69, 9.17) is 10.9 Å². The summed E-state index contributed by atoms with van der Waals surface area (Å²) in [5, 5.41) is 14.7. The van der Waals surface area contributed by atoms with Gasteiger partial charge in [-0.05, 0) is 18.6 Å². The third kappa shape index (κ3) is 3.58. The highest BCUT2D eigenvalue weighted by Gasteiger charge is 2.12. The van der Waals surface area contributed by atoms with Gasteiger partial charge in [0.25, 0.3) is 0 Å². The molecule has 2 aromatic rings. The summed E-state index contributed by atoms with van der Waals surface area (Å²) >= 11 is 0. The van der Waals surface area contributed by atoms with Crippen molar-refractivity contribution in [3.05, 3.63) is 71.0 Å². The Bertz CT molecular complexity index is 629. The summed E-state index contributed by atoms with van der Waals surface area (Å²) in [4.78, 5) is 0. The summed E-state index contributed by atoms with van der Waals surface area (Å²) in [5.74, 6) is -0.703. The van der Waals surface area contributed by atoms with E-state index < -0.39 is 5.82 Å². The van der Waals surface area contributed by atoms with Crippen molar-refractivity contribution in [1.82, 2.24) is 5.32 Å². The molecule has 0 heterocycles. The van der Waals surface area contributed by atoms with E-state index in [0.29, 0.717) is 12.1 Å². The highest BCUT2D eigenvalue weighted by Crippen LogP contribution is 2.16. The first-order chi connectivity index (χ1) is 10.1. The molecule has 1 atom stereocenters. The van der Waals surface area contributed by atoms with E-state index >= 15 is 0 Å². The zero-order chi connectivity index (χ0) is 15.2. The minimum atomic E-state index is -0.472. The molecular weight excluding hydrogens is 269 g/mol. The van der Waals surface area contributed by atoms with Crippen molar-refractivity contribution in [3.63, 3.8) is 0 Å². The number of nitrogens with one attached hydrogen (secondary N) is 1. The first-order valence-corrected chi connectivity index (χ1v) is 6.67. The van der Waals surface area contributed by atoms with Crippen molar-refractivity contribution in [2.24, 2.45) is 10.9 Å². The summed E-state index contributed by atoms with van der Waals surface area (Å²) < 4.78 is 14.3. The lowest BCUT2D eigenvalue weighted by atomic mass is 10.1. The molecule has 0 aliphatic heterocycles. The van der Waals surface area contributed by atoms with Gasteiger partial charge in [-0.3, -0.25) is 0 Å². The van der Waals surface area contributed by atoms with Crippen LogP contribution in [-0.4, -0.2) is 11.0 Å². The van der Waals surface area contributed by atoms with E-state index in [9.17, 15) is 4.39 Å². The van der Waals surface area contributed by atoms with Crippen LogP contribution in [0.1, 0.15) is 29.7 Å². The van der Waals surface area contributed by atoms with Gasteiger partial charge in [0, 0.05) is 18.2 Å². The van der Waals surface area contributed by atoms with E-state index in [1.807, 2.05) is 37.3 Å². The van der Waals surface area contributed by atoms with Gasteiger partial charge in [0.05, 0.1) is 5.56 Å². The molecule has 4 N–H and O–H groups in total. The Balaban J connectivity index is 2.11. The number of rotatable bonds is 5. The van der Waals surface area contributed by atoms with Gasteiger partial charge < -0.3 is 16.3 Å². The number of hydrogen-bond donors (Lipinski definition) is 3. The Morgan fingerprint density at radius 1 is 1.24 bits per heavy atom. The first kappa shape index (κ1) is 15.0. The van der Waals surface area contributed by atoms with E-state index in [-0.39, 0.29) is 17.4 Å². The molecule has 0 spiro atoms. The second-order valence-corrected chi connectivity index (χ2v) is 4.78. The number of hydrogen-bond acceptors (Lipinski definition) is 3. The molecule has 0 radical (unpaired) electrons. The maximum Gasteiger partial charge on any atom is 0.173 e. The molecular formula is C16H18FN3O. The highest BCUT2D eigenvalue weighted by molar-refractivity contribution is 5.97. The summed E-state index contributed by atoms with van der Waals surface area (Å²) in [7, 11) is 0. The van der Waals surface area contributed by atoms with Crippen LogP contribution in [0.25, 0.3) is 0 Å². The Morgan fingerprint density at radius 3 is 2.62 bits per heavy atom. The molecule has 0 aliphatic carbocycles. The fourth-order valence-corrected chi connectivity index (χ4v) is 2.09. The van der Waals surface area contributed by atoms with E-state index in [1.165, 1.54) is 6.07 Å². The average molecular weight is 287 g/mol. The first-order valence-electron chi connectivity index (χ1n) is 6.67. The number of halogens is 1. The Kier molecular flexibility index (Phi) is 4.90. The van der Waals surface area contributed by atoms with E-state index in [0.717, 1.165) is 5.56 Å². The molecule has 0 saturated carbocycles. The third-order valence-electron chi connectivity index (χ3n) is 3.36. The second-order valence-electron chi connectivity index (χ2n) is 4.78. The van der Waals surface area contributed by atoms with Crippen LogP contribution in [0.5, 0.6) is 0 Å². The van der Waals surface area contributed by atoms with Crippen molar-refractivity contribution in [1.29, 1.82) is 0 Å². The fraction of sp³-hybridized carbons (Fsp3) is 0.188. The van der Waals surface area contributed by atoms with Gasteiger partial charge in [0.2, 0.25) is 0 Å². The average Bonchev–Trinajstić information content (AvgIpc) is 2.53. The molecule has 0 fully saturated rings. The molecule has 0 amide bonds. The van der Waals surface area contributed by atoms with Crippen molar-refractivity contribution in [2.75, 3.05) is 0 Å². The zero-order valence-corrected chi connectivity index (χ0v) is 11.8. The number of nitrogens with two attached hydrogens (primary N) is 1. The zero-order valence-electron chi connectivity index (χ0n) is 11.8. The molecule has 21 heavy (non-hydrogen) atoms. The molecule has 4 nitrogen and oxygen atoms in total. The molecule has 0 bridgehead atoms. The van der Waals surface area contributed by atoms with Crippen molar-refractivity contribution in [2.45, 2.75) is 19.5 Å². The van der Waals surface area contributed by atoms with Gasteiger partial charge in [-0.25, -0.2) is 4.39 Å². The van der Waals surface area contributed by atoms with Crippen LogP contribution in [0.4, 0.5) is 4.39 Å². The fourth-order valence-electron chi connectivity index (χ4n) is 2.09. The third-order valence-corrected chi connectivity index (χ3v) is 3.36. The SMILES string of the molecule is C[C@@H](NCc1cccc(/C(N)=N/O)c1F)c1ccccc1. The molecule has 110 valence electrons. The molecule has 0 unspecified atom stereocenters. The molecule has 0 aliphatic rings. The molecule has 5 heteroatoms. The van der Waals surface area contributed by atoms with E-state index in [1.54, 1.807) is 12.1 Å². The number of benzene rings is 2. The van der Waals surface area contributed by atoms with Gasteiger partial charge >= 0.3 is 0 Å². The summed E-state index contributed by atoms with van der Waals surface area (Å²) in [5.41, 5.74) is 7.16. The predicted molar refractivity (Wildman–Crippen MR) is 80.6 cm³/mol. The predicted octanol–water partition coefficient (Wildman–Crippen LogP) is 2.77. The number of nitrogens with zero attached hydrogens (tertiary/aromatic N) is 1. The van der Waals surface area contributed by atoms with Crippen LogP contribution < -0.4 is 11.1 Å². The van der Waals surface area contributed by atoms with Gasteiger partial charge in [0.15, 0.2) is 5.84 Å².